The second-order valence-corrected chi connectivity index (χ2v) is 10.0. The molecule has 1 aromatic heterocycles. The fourth-order valence-electron chi connectivity index (χ4n) is 4.44. The van der Waals surface area contributed by atoms with E-state index < -0.39 is 10.8 Å². The van der Waals surface area contributed by atoms with Gasteiger partial charge in [-0.05, 0) is 73.9 Å². The van der Waals surface area contributed by atoms with Crippen molar-refractivity contribution >= 4 is 74.6 Å². The molecule has 1 fully saturated rings. The summed E-state index contributed by atoms with van der Waals surface area (Å²) >= 11 is 17.7. The van der Waals surface area contributed by atoms with Crippen LogP contribution < -0.4 is 15.5 Å². The number of halogens is 2. The van der Waals surface area contributed by atoms with E-state index >= 15 is 0 Å². The third-order valence-electron chi connectivity index (χ3n) is 6.33. The van der Waals surface area contributed by atoms with Crippen LogP contribution in [0.2, 0.25) is 10.0 Å². The van der Waals surface area contributed by atoms with Gasteiger partial charge >= 0.3 is 0 Å². The summed E-state index contributed by atoms with van der Waals surface area (Å²) in [5.74, 6) is -0.205. The number of hydrogen-bond acceptors (Lipinski definition) is 7. The lowest BCUT2D eigenvalue weighted by Crippen LogP contribution is -2.34. The van der Waals surface area contributed by atoms with Gasteiger partial charge in [-0.1, -0.05) is 29.3 Å². The fourth-order valence-corrected chi connectivity index (χ4v) is 5.17. The highest BCUT2D eigenvalue weighted by Gasteiger charge is 2.24. The van der Waals surface area contributed by atoms with Crippen molar-refractivity contribution in [3.05, 3.63) is 79.8 Å². The molecule has 1 aliphatic rings. The number of nitrogens with zero attached hydrogens (tertiary/aromatic N) is 3. The number of oxazole rings is 1. The zero-order chi connectivity index (χ0) is 27.0. The van der Waals surface area contributed by atoms with Crippen molar-refractivity contribution in [1.29, 1.82) is 0 Å². The number of nitro benzene ring substituents is 1. The number of nitro groups is 1. The van der Waals surface area contributed by atoms with Gasteiger partial charge < -0.3 is 14.6 Å². The SMILES string of the molecule is Cc1c(NC(=S)NC(=O)c2ccc(N3CCCC3)c([N+](=O)[O-])c2)cccc1-c1nc2cc(Cl)cc(Cl)c2o1. The largest absolute Gasteiger partial charge is 0.434 e. The summed E-state index contributed by atoms with van der Waals surface area (Å²) in [5, 5.41) is 18.1. The molecule has 5 rings (SSSR count). The Bertz CT molecular complexity index is 1600. The second kappa shape index (κ2) is 10.6. The molecule has 0 bridgehead atoms. The van der Waals surface area contributed by atoms with Crippen LogP contribution in [-0.4, -0.2) is 34.0 Å². The normalized spacial score (nSPS) is 13.1. The number of benzene rings is 3. The van der Waals surface area contributed by atoms with Gasteiger partial charge in [-0.25, -0.2) is 4.98 Å². The van der Waals surface area contributed by atoms with Crippen LogP contribution in [-0.2, 0) is 0 Å². The van der Waals surface area contributed by atoms with Crippen LogP contribution in [0.4, 0.5) is 17.1 Å². The highest BCUT2D eigenvalue weighted by Crippen LogP contribution is 2.35. The number of amides is 1. The molecule has 0 atom stereocenters. The number of carbonyl (C=O) groups excluding carboxylic acids is 1. The van der Waals surface area contributed by atoms with Crippen molar-refractivity contribution in [2.24, 2.45) is 0 Å². The third kappa shape index (κ3) is 5.15. The van der Waals surface area contributed by atoms with Crippen LogP contribution in [0, 0.1) is 17.0 Å². The van der Waals surface area contributed by atoms with E-state index in [1.807, 2.05) is 17.9 Å². The van der Waals surface area contributed by atoms with Crippen molar-refractivity contribution in [3.63, 3.8) is 0 Å². The Kier molecular flexibility index (Phi) is 7.20. The summed E-state index contributed by atoms with van der Waals surface area (Å²) in [4.78, 5) is 30.5. The standard InChI is InChI=1S/C26H21Cl2N5O4S/c1-14-17(25-29-20-13-16(27)12-18(28)23(20)37-25)5-4-6-19(14)30-26(38)31-24(34)15-7-8-21(22(11-15)33(35)36)32-9-2-3-10-32/h4-8,11-13H,2-3,9-10H2,1H3,(H2,30,31,34,38). The van der Waals surface area contributed by atoms with Gasteiger partial charge in [0.1, 0.15) is 11.2 Å². The van der Waals surface area contributed by atoms with E-state index in [-0.39, 0.29) is 16.4 Å². The van der Waals surface area contributed by atoms with Gasteiger partial charge in [-0.3, -0.25) is 20.2 Å². The molecule has 3 aromatic carbocycles. The first-order valence-electron chi connectivity index (χ1n) is 11.7. The third-order valence-corrected chi connectivity index (χ3v) is 7.03. The van der Waals surface area contributed by atoms with Gasteiger partial charge in [0.25, 0.3) is 11.6 Å². The van der Waals surface area contributed by atoms with E-state index in [4.69, 9.17) is 39.8 Å². The van der Waals surface area contributed by atoms with Crippen molar-refractivity contribution < 1.29 is 14.1 Å². The number of rotatable bonds is 5. The zero-order valence-corrected chi connectivity index (χ0v) is 22.4. The average molecular weight is 570 g/mol. The smallest absolute Gasteiger partial charge is 0.293 e. The van der Waals surface area contributed by atoms with Crippen LogP contribution in [0.1, 0.15) is 28.8 Å². The number of hydrogen-bond donors (Lipinski definition) is 2. The molecule has 0 unspecified atom stereocenters. The molecule has 12 heteroatoms. The lowest BCUT2D eigenvalue weighted by Gasteiger charge is -2.18. The van der Waals surface area contributed by atoms with E-state index in [2.05, 4.69) is 15.6 Å². The van der Waals surface area contributed by atoms with Crippen LogP contribution >= 0.6 is 35.4 Å². The molecular formula is C26H21Cl2N5O4S. The highest BCUT2D eigenvalue weighted by molar-refractivity contribution is 7.80. The topological polar surface area (TPSA) is 114 Å². The van der Waals surface area contributed by atoms with Crippen LogP contribution in [0.15, 0.2) is 52.9 Å². The van der Waals surface area contributed by atoms with Gasteiger partial charge in [-0.2, -0.15) is 0 Å². The molecule has 0 saturated carbocycles. The van der Waals surface area contributed by atoms with E-state index in [9.17, 15) is 14.9 Å². The zero-order valence-electron chi connectivity index (χ0n) is 20.1. The monoisotopic (exact) mass is 569 g/mol. The number of nitrogens with one attached hydrogen (secondary N) is 2. The summed E-state index contributed by atoms with van der Waals surface area (Å²) in [6.07, 6.45) is 1.96. The Morgan fingerprint density at radius 2 is 1.92 bits per heavy atom. The van der Waals surface area contributed by atoms with Gasteiger partial charge in [0, 0.05) is 41.0 Å². The van der Waals surface area contributed by atoms with E-state index in [0.717, 1.165) is 31.5 Å². The van der Waals surface area contributed by atoms with Crippen LogP contribution in [0.3, 0.4) is 0 Å². The molecular weight excluding hydrogens is 549 g/mol. The minimum absolute atomic E-state index is 0.0360. The molecule has 2 heterocycles. The average Bonchev–Trinajstić information content (AvgIpc) is 3.55. The first kappa shape index (κ1) is 25.9. The van der Waals surface area contributed by atoms with Crippen molar-refractivity contribution in [2.75, 3.05) is 23.3 Å². The van der Waals surface area contributed by atoms with Crippen molar-refractivity contribution in [3.8, 4) is 11.5 Å². The molecule has 2 N–H and O–H groups in total. The van der Waals surface area contributed by atoms with Crippen molar-refractivity contribution in [1.82, 2.24) is 10.3 Å². The first-order valence-corrected chi connectivity index (χ1v) is 12.9. The molecule has 38 heavy (non-hydrogen) atoms. The second-order valence-electron chi connectivity index (χ2n) is 8.80. The minimum atomic E-state index is -0.558. The van der Waals surface area contributed by atoms with Crippen molar-refractivity contribution in [2.45, 2.75) is 19.8 Å². The maximum Gasteiger partial charge on any atom is 0.293 e. The minimum Gasteiger partial charge on any atom is -0.434 e. The quantitative estimate of drug-likeness (QED) is 0.154. The van der Waals surface area contributed by atoms with E-state index in [1.54, 1.807) is 36.4 Å². The molecule has 1 aliphatic heterocycles. The maximum absolute atomic E-state index is 12.9. The Labute approximate surface area is 232 Å². The Hall–Kier alpha value is -3.73. The predicted octanol–water partition coefficient (Wildman–Crippen LogP) is 6.75. The van der Waals surface area contributed by atoms with Gasteiger partial charge in [-0.15, -0.1) is 0 Å². The number of thiocarbonyl (C=S) groups is 1. The summed E-state index contributed by atoms with van der Waals surface area (Å²) in [5.41, 5.74) is 3.58. The van der Waals surface area contributed by atoms with Crippen LogP contribution in [0.25, 0.3) is 22.6 Å². The Morgan fingerprint density at radius 3 is 2.66 bits per heavy atom. The Morgan fingerprint density at radius 1 is 1.16 bits per heavy atom. The predicted molar refractivity (Wildman–Crippen MR) is 152 cm³/mol. The summed E-state index contributed by atoms with van der Waals surface area (Å²) in [7, 11) is 0. The van der Waals surface area contributed by atoms with Gasteiger partial charge in [0.2, 0.25) is 5.89 Å². The lowest BCUT2D eigenvalue weighted by molar-refractivity contribution is -0.384. The number of fused-ring (bicyclic) bond motifs is 1. The fraction of sp³-hybridized carbons (Fsp3) is 0.192. The number of carbonyl (C=O) groups is 1. The van der Waals surface area contributed by atoms with Gasteiger partial charge in [0.05, 0.1) is 9.95 Å². The first-order chi connectivity index (χ1) is 18.2. The molecule has 0 spiro atoms. The summed E-state index contributed by atoms with van der Waals surface area (Å²) in [6.45, 7) is 3.36. The molecule has 4 aromatic rings. The number of anilines is 2. The highest BCUT2D eigenvalue weighted by atomic mass is 35.5. The Balaban J connectivity index is 1.34. The van der Waals surface area contributed by atoms with E-state index in [1.165, 1.54) is 6.07 Å². The molecule has 0 radical (unpaired) electrons. The lowest BCUT2D eigenvalue weighted by atomic mass is 10.1. The number of aromatic nitrogens is 1. The summed E-state index contributed by atoms with van der Waals surface area (Å²) < 4.78 is 5.89. The van der Waals surface area contributed by atoms with Crippen LogP contribution in [0.5, 0.6) is 0 Å². The van der Waals surface area contributed by atoms with E-state index in [0.29, 0.717) is 44.0 Å². The molecule has 1 saturated heterocycles. The molecule has 194 valence electrons. The summed E-state index contributed by atoms with van der Waals surface area (Å²) in [6, 6.07) is 13.1. The maximum atomic E-state index is 12.9. The molecule has 9 nitrogen and oxygen atoms in total. The van der Waals surface area contributed by atoms with Gasteiger partial charge in [0.15, 0.2) is 10.7 Å². The molecule has 0 aliphatic carbocycles. The molecule has 1 amide bonds.